The summed E-state index contributed by atoms with van der Waals surface area (Å²) >= 11 is 12.1. The van der Waals surface area contributed by atoms with Crippen molar-refractivity contribution in [1.29, 1.82) is 0 Å². The molecule has 17 heavy (non-hydrogen) atoms. The van der Waals surface area contributed by atoms with Gasteiger partial charge in [0.25, 0.3) is 0 Å². The predicted octanol–water partition coefficient (Wildman–Crippen LogP) is 3.32. The number of hydrogen-bond donors (Lipinski definition) is 0. The zero-order valence-corrected chi connectivity index (χ0v) is 10.8. The molecule has 1 aromatic carbocycles. The van der Waals surface area contributed by atoms with Crippen molar-refractivity contribution < 1.29 is 9.59 Å². The molecule has 5 heteroatoms. The second kappa shape index (κ2) is 4.67. The van der Waals surface area contributed by atoms with E-state index in [1.165, 1.54) is 11.8 Å². The van der Waals surface area contributed by atoms with Gasteiger partial charge in [0, 0.05) is 19.9 Å². The number of ketones is 1. The van der Waals surface area contributed by atoms with E-state index in [0.717, 1.165) is 0 Å². The molecule has 0 unspecified atom stereocenters. The number of Topliss-reactive ketones (excluding diaryl/α,β-unsaturated/α-hetero) is 1. The Hall–Kier alpha value is -1.06. The van der Waals surface area contributed by atoms with Crippen LogP contribution in [0.2, 0.25) is 10.0 Å². The Labute approximate surface area is 109 Å². The summed E-state index contributed by atoms with van der Waals surface area (Å²) in [6.07, 6.45) is 1.01. The van der Waals surface area contributed by atoms with Crippen LogP contribution in [0.4, 0.5) is 5.69 Å². The predicted molar refractivity (Wildman–Crippen MR) is 68.1 cm³/mol. The number of benzene rings is 1. The van der Waals surface area contributed by atoms with Crippen molar-refractivity contribution in [2.75, 3.05) is 11.4 Å². The van der Waals surface area contributed by atoms with E-state index in [1.807, 2.05) is 0 Å². The number of carbonyl (C=O) groups is 2. The number of hydrogen-bond acceptors (Lipinski definition) is 2. The van der Waals surface area contributed by atoms with Crippen LogP contribution in [-0.4, -0.2) is 18.2 Å². The first-order valence-corrected chi connectivity index (χ1v) is 6.07. The minimum absolute atomic E-state index is 0.0590. The van der Waals surface area contributed by atoms with Gasteiger partial charge in [-0.25, -0.2) is 0 Å². The Bertz CT molecular complexity index is 500. The summed E-state index contributed by atoms with van der Waals surface area (Å²) < 4.78 is 0. The van der Waals surface area contributed by atoms with Gasteiger partial charge >= 0.3 is 0 Å². The number of halogens is 2. The third-order valence-corrected chi connectivity index (χ3v) is 3.41. The van der Waals surface area contributed by atoms with Crippen LogP contribution < -0.4 is 4.90 Å². The topological polar surface area (TPSA) is 37.4 Å². The fourth-order valence-corrected chi connectivity index (χ4v) is 2.54. The van der Waals surface area contributed by atoms with Gasteiger partial charge in [0.05, 0.1) is 21.3 Å². The third kappa shape index (κ3) is 2.17. The number of amides is 1. The van der Waals surface area contributed by atoms with Crippen molar-refractivity contribution in [3.63, 3.8) is 0 Å². The van der Waals surface area contributed by atoms with Gasteiger partial charge in [0.15, 0.2) is 5.78 Å². The van der Waals surface area contributed by atoms with E-state index >= 15 is 0 Å². The first-order valence-electron chi connectivity index (χ1n) is 5.31. The van der Waals surface area contributed by atoms with Gasteiger partial charge in [-0.05, 0) is 18.6 Å². The van der Waals surface area contributed by atoms with Gasteiger partial charge in [-0.15, -0.1) is 0 Å². The van der Waals surface area contributed by atoms with Crippen molar-refractivity contribution in [2.24, 2.45) is 0 Å². The number of rotatable bonds is 0. The van der Waals surface area contributed by atoms with E-state index in [2.05, 4.69) is 0 Å². The van der Waals surface area contributed by atoms with Gasteiger partial charge in [-0.2, -0.15) is 0 Å². The second-order valence-electron chi connectivity index (χ2n) is 3.95. The van der Waals surface area contributed by atoms with Crippen LogP contribution in [0.1, 0.15) is 30.1 Å². The highest BCUT2D eigenvalue weighted by Crippen LogP contribution is 2.37. The Morgan fingerprint density at radius 1 is 1.29 bits per heavy atom. The smallest absolute Gasteiger partial charge is 0.223 e. The lowest BCUT2D eigenvalue weighted by atomic mass is 10.1. The van der Waals surface area contributed by atoms with Gasteiger partial charge in [0.1, 0.15) is 0 Å². The quantitative estimate of drug-likeness (QED) is 0.726. The molecule has 1 aromatic rings. The molecule has 3 nitrogen and oxygen atoms in total. The van der Waals surface area contributed by atoms with E-state index in [-0.39, 0.29) is 11.7 Å². The highest BCUT2D eigenvalue weighted by atomic mass is 35.5. The lowest BCUT2D eigenvalue weighted by Crippen LogP contribution is -2.29. The maximum Gasteiger partial charge on any atom is 0.223 e. The first kappa shape index (κ1) is 12.4. The summed E-state index contributed by atoms with van der Waals surface area (Å²) in [5.74, 6) is -0.193. The van der Waals surface area contributed by atoms with Crippen molar-refractivity contribution in [3.8, 4) is 0 Å². The van der Waals surface area contributed by atoms with Gasteiger partial charge in [-0.1, -0.05) is 23.2 Å². The standard InChI is InChI=1S/C12H11Cl2NO2/c1-7(16)15-6-2-3-10(17)11-8(13)4-5-9(14)12(11)15/h4-5H,2-3,6H2,1H3. The second-order valence-corrected chi connectivity index (χ2v) is 4.76. The van der Waals surface area contributed by atoms with Crippen LogP contribution in [0, 0.1) is 0 Å². The zero-order valence-electron chi connectivity index (χ0n) is 9.30. The average molecular weight is 272 g/mol. The molecule has 0 saturated carbocycles. The monoisotopic (exact) mass is 271 g/mol. The minimum Gasteiger partial charge on any atom is -0.310 e. The van der Waals surface area contributed by atoms with Crippen molar-refractivity contribution in [2.45, 2.75) is 19.8 Å². The fraction of sp³-hybridized carbons (Fsp3) is 0.333. The molecule has 1 aliphatic rings. The van der Waals surface area contributed by atoms with Crippen LogP contribution >= 0.6 is 23.2 Å². The van der Waals surface area contributed by atoms with Crippen LogP contribution in [-0.2, 0) is 4.79 Å². The molecule has 2 rings (SSSR count). The molecule has 0 aromatic heterocycles. The molecule has 0 aliphatic carbocycles. The molecule has 0 bridgehead atoms. The number of carbonyl (C=O) groups excluding carboxylic acids is 2. The van der Waals surface area contributed by atoms with E-state index in [1.54, 1.807) is 12.1 Å². The molecule has 0 N–H and O–H groups in total. The summed E-state index contributed by atoms with van der Waals surface area (Å²) in [6, 6.07) is 3.20. The SMILES string of the molecule is CC(=O)N1CCCC(=O)c2c(Cl)ccc(Cl)c21. The normalized spacial score (nSPS) is 15.5. The van der Waals surface area contributed by atoms with E-state index in [4.69, 9.17) is 23.2 Å². The lowest BCUT2D eigenvalue weighted by molar-refractivity contribution is -0.116. The summed E-state index contributed by atoms with van der Waals surface area (Å²) in [7, 11) is 0. The molecule has 1 amide bonds. The molecule has 0 saturated heterocycles. The Balaban J connectivity index is 2.70. The third-order valence-electron chi connectivity index (χ3n) is 2.79. The average Bonchev–Trinajstić information content (AvgIpc) is 2.44. The van der Waals surface area contributed by atoms with Crippen LogP contribution in [0.3, 0.4) is 0 Å². The molecule has 0 radical (unpaired) electrons. The number of nitrogens with zero attached hydrogens (tertiary/aromatic N) is 1. The van der Waals surface area contributed by atoms with Crippen molar-refractivity contribution in [1.82, 2.24) is 0 Å². The summed E-state index contributed by atoms with van der Waals surface area (Å²) in [5, 5.41) is 0.734. The molecule has 1 heterocycles. The van der Waals surface area contributed by atoms with E-state index < -0.39 is 0 Å². The molecular weight excluding hydrogens is 261 g/mol. The Kier molecular flexibility index (Phi) is 3.40. The maximum atomic E-state index is 12.0. The summed E-state index contributed by atoms with van der Waals surface area (Å²) in [4.78, 5) is 25.1. The number of fused-ring (bicyclic) bond motifs is 1. The Morgan fingerprint density at radius 3 is 2.59 bits per heavy atom. The molecule has 0 fully saturated rings. The van der Waals surface area contributed by atoms with Gasteiger partial charge in [-0.3, -0.25) is 9.59 Å². The molecule has 0 spiro atoms. The molecular formula is C12H11Cl2NO2. The molecule has 0 atom stereocenters. The van der Waals surface area contributed by atoms with E-state index in [0.29, 0.717) is 40.7 Å². The number of anilines is 1. The van der Waals surface area contributed by atoms with Crippen molar-refractivity contribution in [3.05, 3.63) is 27.7 Å². The Morgan fingerprint density at radius 2 is 1.94 bits per heavy atom. The first-order chi connectivity index (χ1) is 8.02. The lowest BCUT2D eigenvalue weighted by Gasteiger charge is -2.22. The van der Waals surface area contributed by atoms with Crippen LogP contribution in [0.15, 0.2) is 12.1 Å². The molecule has 1 aliphatic heterocycles. The van der Waals surface area contributed by atoms with Crippen LogP contribution in [0.5, 0.6) is 0 Å². The maximum absolute atomic E-state index is 12.0. The molecule has 90 valence electrons. The van der Waals surface area contributed by atoms with E-state index in [9.17, 15) is 9.59 Å². The summed E-state index contributed by atoms with van der Waals surface area (Å²) in [5.41, 5.74) is 0.820. The van der Waals surface area contributed by atoms with Gasteiger partial charge < -0.3 is 4.90 Å². The summed E-state index contributed by atoms with van der Waals surface area (Å²) in [6.45, 7) is 1.95. The van der Waals surface area contributed by atoms with Crippen LogP contribution in [0.25, 0.3) is 0 Å². The van der Waals surface area contributed by atoms with Gasteiger partial charge in [0.2, 0.25) is 5.91 Å². The highest BCUT2D eigenvalue weighted by molar-refractivity contribution is 6.39. The fourth-order valence-electron chi connectivity index (χ4n) is 2.02. The largest absolute Gasteiger partial charge is 0.310 e. The zero-order chi connectivity index (χ0) is 12.6. The van der Waals surface area contributed by atoms with Crippen molar-refractivity contribution >= 4 is 40.6 Å². The minimum atomic E-state index is -0.134. The highest BCUT2D eigenvalue weighted by Gasteiger charge is 2.27.